The molecule has 2 aromatic rings. The number of ether oxygens (including phenoxy) is 2. The van der Waals surface area contributed by atoms with Crippen molar-refractivity contribution in [3.63, 3.8) is 0 Å². The van der Waals surface area contributed by atoms with Crippen molar-refractivity contribution in [1.29, 1.82) is 0 Å². The third kappa shape index (κ3) is 4.70. The highest BCUT2D eigenvalue weighted by Crippen LogP contribution is 2.26. The first-order valence-electron chi connectivity index (χ1n) is 7.94. The van der Waals surface area contributed by atoms with Gasteiger partial charge in [-0.25, -0.2) is 0 Å². The van der Waals surface area contributed by atoms with Gasteiger partial charge in [0.25, 0.3) is 0 Å². The Bertz CT molecular complexity index is 625. The molecule has 0 spiro atoms. The molecule has 23 heavy (non-hydrogen) atoms. The molecule has 124 valence electrons. The Balaban J connectivity index is 1.73. The predicted molar refractivity (Wildman–Crippen MR) is 95.4 cm³/mol. The molecule has 0 saturated carbocycles. The summed E-state index contributed by atoms with van der Waals surface area (Å²) in [5, 5.41) is 0. The van der Waals surface area contributed by atoms with Crippen LogP contribution in [0.3, 0.4) is 0 Å². The van der Waals surface area contributed by atoms with Gasteiger partial charge >= 0.3 is 0 Å². The smallest absolute Gasteiger partial charge is 0.123 e. The third-order valence-corrected chi connectivity index (χ3v) is 5.30. The van der Waals surface area contributed by atoms with Crippen molar-refractivity contribution in [3.8, 4) is 5.75 Å². The average Bonchev–Trinajstić information content (AvgIpc) is 3.20. The van der Waals surface area contributed by atoms with Crippen LogP contribution in [0.15, 0.2) is 36.4 Å². The lowest BCUT2D eigenvalue weighted by atomic mass is 10.1. The van der Waals surface area contributed by atoms with Crippen LogP contribution in [0.25, 0.3) is 0 Å². The van der Waals surface area contributed by atoms with Gasteiger partial charge in [0.05, 0.1) is 17.6 Å². The van der Waals surface area contributed by atoms with E-state index in [2.05, 4.69) is 23.1 Å². The molecule has 1 unspecified atom stereocenters. The van der Waals surface area contributed by atoms with E-state index in [4.69, 9.17) is 21.1 Å². The maximum absolute atomic E-state index is 6.08. The summed E-state index contributed by atoms with van der Waals surface area (Å²) in [6, 6.07) is 12.3. The summed E-state index contributed by atoms with van der Waals surface area (Å²) in [6.07, 6.45) is 2.64. The van der Waals surface area contributed by atoms with Gasteiger partial charge in [-0.05, 0) is 31.0 Å². The van der Waals surface area contributed by atoms with Crippen molar-refractivity contribution in [2.75, 3.05) is 20.3 Å². The molecule has 1 aliphatic heterocycles. The van der Waals surface area contributed by atoms with E-state index in [9.17, 15) is 0 Å². The van der Waals surface area contributed by atoms with Crippen LogP contribution in [-0.4, -0.2) is 31.3 Å². The zero-order chi connectivity index (χ0) is 16.1. The zero-order valence-corrected chi connectivity index (χ0v) is 14.9. The molecule has 1 aromatic carbocycles. The molecule has 0 N–H and O–H groups in total. The SMILES string of the molecule is COc1ccccc1CN(Cc1ccc(Cl)s1)CC1CCCO1. The summed E-state index contributed by atoms with van der Waals surface area (Å²) in [5.74, 6) is 0.939. The van der Waals surface area contributed by atoms with Gasteiger partial charge in [-0.1, -0.05) is 29.8 Å². The first-order chi connectivity index (χ1) is 11.2. The molecule has 0 amide bonds. The number of benzene rings is 1. The van der Waals surface area contributed by atoms with Crippen molar-refractivity contribution in [2.45, 2.75) is 32.0 Å². The molecule has 0 radical (unpaired) electrons. The van der Waals surface area contributed by atoms with E-state index < -0.39 is 0 Å². The number of nitrogens with zero attached hydrogens (tertiary/aromatic N) is 1. The summed E-state index contributed by atoms with van der Waals surface area (Å²) in [4.78, 5) is 3.71. The van der Waals surface area contributed by atoms with Gasteiger partial charge in [0, 0.05) is 36.7 Å². The van der Waals surface area contributed by atoms with Gasteiger partial charge < -0.3 is 9.47 Å². The minimum Gasteiger partial charge on any atom is -0.496 e. The summed E-state index contributed by atoms with van der Waals surface area (Å²) < 4.78 is 12.2. The quantitative estimate of drug-likeness (QED) is 0.728. The Morgan fingerprint density at radius 3 is 2.83 bits per heavy atom. The first-order valence-corrected chi connectivity index (χ1v) is 9.14. The van der Waals surface area contributed by atoms with E-state index in [1.807, 2.05) is 18.2 Å². The van der Waals surface area contributed by atoms with E-state index in [-0.39, 0.29) is 0 Å². The van der Waals surface area contributed by atoms with Crippen LogP contribution >= 0.6 is 22.9 Å². The first kappa shape index (κ1) is 16.8. The van der Waals surface area contributed by atoms with Crippen LogP contribution in [0, 0.1) is 0 Å². The fraction of sp³-hybridized carbons (Fsp3) is 0.444. The highest BCUT2D eigenvalue weighted by atomic mass is 35.5. The Morgan fingerprint density at radius 1 is 1.26 bits per heavy atom. The number of halogens is 1. The number of rotatable bonds is 7. The van der Waals surface area contributed by atoms with Crippen molar-refractivity contribution in [3.05, 3.63) is 51.2 Å². The molecule has 5 heteroatoms. The zero-order valence-electron chi connectivity index (χ0n) is 13.3. The molecule has 0 aliphatic carbocycles. The van der Waals surface area contributed by atoms with Gasteiger partial charge in [-0.15, -0.1) is 11.3 Å². The molecular formula is C18H22ClNO2S. The van der Waals surface area contributed by atoms with Crippen molar-refractivity contribution in [2.24, 2.45) is 0 Å². The third-order valence-electron chi connectivity index (χ3n) is 4.08. The van der Waals surface area contributed by atoms with Crippen molar-refractivity contribution < 1.29 is 9.47 Å². The van der Waals surface area contributed by atoms with Crippen LogP contribution in [0.2, 0.25) is 4.34 Å². The second-order valence-electron chi connectivity index (χ2n) is 5.82. The van der Waals surface area contributed by atoms with Crippen molar-refractivity contribution in [1.82, 2.24) is 4.90 Å². The fourth-order valence-electron chi connectivity index (χ4n) is 2.99. The number of thiophene rings is 1. The Morgan fingerprint density at radius 2 is 2.13 bits per heavy atom. The molecule has 3 nitrogen and oxygen atoms in total. The van der Waals surface area contributed by atoms with Gasteiger partial charge in [0.1, 0.15) is 5.75 Å². The lowest BCUT2D eigenvalue weighted by Crippen LogP contribution is -2.31. The number of para-hydroxylation sites is 1. The minimum atomic E-state index is 0.333. The molecule has 1 aromatic heterocycles. The lowest BCUT2D eigenvalue weighted by Gasteiger charge is -2.25. The number of hydrogen-bond donors (Lipinski definition) is 0. The van der Waals surface area contributed by atoms with Crippen LogP contribution < -0.4 is 4.74 Å². The van der Waals surface area contributed by atoms with E-state index >= 15 is 0 Å². The Hall–Kier alpha value is -1.07. The lowest BCUT2D eigenvalue weighted by molar-refractivity contribution is 0.0680. The number of methoxy groups -OCH3 is 1. The van der Waals surface area contributed by atoms with Crippen LogP contribution in [0.1, 0.15) is 23.3 Å². The molecule has 3 rings (SSSR count). The Kier molecular flexibility index (Phi) is 5.95. The summed E-state index contributed by atoms with van der Waals surface area (Å²) in [6.45, 7) is 3.56. The fourth-order valence-corrected chi connectivity index (χ4v) is 4.12. The van der Waals surface area contributed by atoms with Gasteiger partial charge in [0.2, 0.25) is 0 Å². The molecule has 1 aliphatic rings. The second-order valence-corrected chi connectivity index (χ2v) is 7.62. The highest BCUT2D eigenvalue weighted by Gasteiger charge is 2.20. The summed E-state index contributed by atoms with van der Waals surface area (Å²) in [5.41, 5.74) is 1.20. The van der Waals surface area contributed by atoms with Crippen LogP contribution in [-0.2, 0) is 17.8 Å². The molecule has 1 fully saturated rings. The summed E-state index contributed by atoms with van der Waals surface area (Å²) in [7, 11) is 1.72. The maximum Gasteiger partial charge on any atom is 0.123 e. The Labute approximate surface area is 146 Å². The van der Waals surface area contributed by atoms with Gasteiger partial charge in [0.15, 0.2) is 0 Å². The topological polar surface area (TPSA) is 21.7 Å². The average molecular weight is 352 g/mol. The number of hydrogen-bond acceptors (Lipinski definition) is 4. The minimum absolute atomic E-state index is 0.333. The van der Waals surface area contributed by atoms with Gasteiger partial charge in [-0.3, -0.25) is 4.90 Å². The summed E-state index contributed by atoms with van der Waals surface area (Å²) >= 11 is 7.72. The largest absolute Gasteiger partial charge is 0.496 e. The predicted octanol–water partition coefficient (Wildman–Crippen LogP) is 4.59. The maximum atomic E-state index is 6.08. The standard InChI is InChI=1S/C18H22ClNO2S/c1-21-17-7-3-2-5-14(17)11-20(12-15-6-4-10-22-15)13-16-8-9-18(19)23-16/h2-3,5,7-9,15H,4,6,10-13H2,1H3. The molecule has 2 heterocycles. The highest BCUT2D eigenvalue weighted by molar-refractivity contribution is 7.16. The molecular weight excluding hydrogens is 330 g/mol. The van der Waals surface area contributed by atoms with Crippen LogP contribution in [0.4, 0.5) is 0 Å². The molecule has 1 atom stereocenters. The van der Waals surface area contributed by atoms with Crippen LogP contribution in [0.5, 0.6) is 5.75 Å². The molecule has 1 saturated heterocycles. The van der Waals surface area contributed by atoms with Gasteiger partial charge in [-0.2, -0.15) is 0 Å². The second kappa shape index (κ2) is 8.15. The van der Waals surface area contributed by atoms with E-state index in [0.717, 1.165) is 49.2 Å². The van der Waals surface area contributed by atoms with E-state index in [1.54, 1.807) is 18.4 Å². The van der Waals surface area contributed by atoms with E-state index in [1.165, 1.54) is 10.4 Å². The van der Waals surface area contributed by atoms with E-state index in [0.29, 0.717) is 6.10 Å². The monoisotopic (exact) mass is 351 g/mol. The van der Waals surface area contributed by atoms with Crippen molar-refractivity contribution >= 4 is 22.9 Å². The normalized spacial score (nSPS) is 17.8. The molecule has 0 bridgehead atoms.